The van der Waals surface area contributed by atoms with Crippen molar-refractivity contribution in [3.8, 4) is 68.3 Å². The topological polar surface area (TPSA) is 55.5 Å². The predicted octanol–water partition coefficient (Wildman–Crippen LogP) is 21.6. The van der Waals surface area contributed by atoms with Crippen molar-refractivity contribution in [2.75, 3.05) is 35.8 Å². The molecule has 0 bridgehead atoms. The molecular formula is C105H92N10O2+2. The zero-order chi connectivity index (χ0) is 78.9. The van der Waals surface area contributed by atoms with E-state index in [4.69, 9.17) is 9.47 Å². The fraction of sp³-hybridized carbons (Fsp3) is 0.200. The number of fused-ring (bicyclic) bond motifs is 26. The maximum atomic E-state index is 6.24. The van der Waals surface area contributed by atoms with Crippen molar-refractivity contribution >= 4 is 17.1 Å². The zero-order valence-corrected chi connectivity index (χ0v) is 67.9. The molecular weight excluding hydrogens is 1430 g/mol. The van der Waals surface area contributed by atoms with Crippen molar-refractivity contribution in [2.24, 2.45) is 0 Å². The van der Waals surface area contributed by atoms with Gasteiger partial charge in [-0.2, -0.15) is 9.13 Å². The molecule has 3 aliphatic carbocycles. The summed E-state index contributed by atoms with van der Waals surface area (Å²) in [5.41, 5.74) is 37.2. The van der Waals surface area contributed by atoms with Crippen molar-refractivity contribution in [1.29, 1.82) is 0 Å². The maximum Gasteiger partial charge on any atom is 0.295 e. The Kier molecular flexibility index (Phi) is 15.0. The number of benzene rings is 12. The van der Waals surface area contributed by atoms with Gasteiger partial charge in [0, 0.05) is 108 Å². The Bertz CT molecular complexity index is 6630. The third kappa shape index (κ3) is 9.63. The van der Waals surface area contributed by atoms with Crippen LogP contribution in [0, 0.1) is 27.7 Å². The molecule has 0 saturated carbocycles. The van der Waals surface area contributed by atoms with Gasteiger partial charge in [-0.15, -0.1) is 0 Å². The van der Waals surface area contributed by atoms with Gasteiger partial charge in [-0.25, -0.2) is 9.13 Å². The third-order valence-electron chi connectivity index (χ3n) is 27.9. The molecule has 0 saturated heterocycles. The molecule has 8 atom stereocenters. The van der Waals surface area contributed by atoms with E-state index in [1.54, 1.807) is 0 Å². The minimum absolute atomic E-state index is 0.00583. The summed E-state index contributed by atoms with van der Waals surface area (Å²) >= 11 is 0. The molecule has 117 heavy (non-hydrogen) atoms. The zero-order valence-electron chi connectivity index (χ0n) is 67.9. The summed E-state index contributed by atoms with van der Waals surface area (Å²) in [6, 6.07) is 90.2. The second kappa shape index (κ2) is 25.3. The first kappa shape index (κ1) is 69.2. The van der Waals surface area contributed by atoms with E-state index in [0.717, 1.165) is 23.0 Å². The Labute approximate surface area is 684 Å². The van der Waals surface area contributed by atoms with Gasteiger partial charge >= 0.3 is 0 Å². The standard InChI is InChI=1S/C27H25N2.C24H19N2O.C20H20N2.C17H14N2O.C17H14N2/c1-17-9-7-10-18(2)24(17)28-15-16-29-25-19-11-5-6-13-21(19)27(3,4)22-14-8-12-20(23(22)25)26(28)29;1-15-7-5-8-16(2)22(15)25-13-14-26-23-17-9-3-4-11-19(17)27-20-12-6-10-18(21(20)23)24(25)26;1-20(2)14-8-5-4-7-13(14)17-18-15(20)9-6-10-16(18)22-12-11-21(3)19(17)22;1-18-9-10-19-12-6-4-8-14-16(12)15(17(18)19)11-5-2-3-7-13(11)20-14;1-18-9-10-19-14-8-4-7-12-11-5-2-3-6-13(11)16(15(12)14)17(18)19/h5-16,25H,1-4H3;3-14,23H,1-2H3;4-12,17,19H,1-3H3;2-10,15,17H,1H3;2-10,16-17H,1H3/q2*+1;;;. The van der Waals surface area contributed by atoms with Crippen molar-refractivity contribution in [1.82, 2.24) is 23.8 Å². The Balaban J connectivity index is 0.0000000867. The van der Waals surface area contributed by atoms with Gasteiger partial charge < -0.3 is 38.9 Å². The summed E-state index contributed by atoms with van der Waals surface area (Å²) in [6.07, 6.45) is 23.2. The summed E-state index contributed by atoms with van der Waals surface area (Å²) in [6.45, 7) is 18.2. The number of para-hydroxylation sites is 4. The second-order valence-corrected chi connectivity index (χ2v) is 34.8. The first-order chi connectivity index (χ1) is 57.0. The van der Waals surface area contributed by atoms with Crippen LogP contribution in [0.2, 0.25) is 0 Å². The number of likely N-dealkylation sites (N-methyl/N-ethyl adjacent to an activating group) is 3. The number of hydrogen-bond acceptors (Lipinski definition) is 8. The molecule has 2 aromatic heterocycles. The Hall–Kier alpha value is -13.3. The lowest BCUT2D eigenvalue weighted by molar-refractivity contribution is -0.688. The lowest BCUT2D eigenvalue weighted by atomic mass is 9.65. The van der Waals surface area contributed by atoms with E-state index in [-0.39, 0.29) is 22.9 Å². The molecule has 0 N–H and O–H groups in total. The molecule has 8 unspecified atom stereocenters. The fourth-order valence-corrected chi connectivity index (χ4v) is 23.0. The molecule has 12 nitrogen and oxygen atoms in total. The highest BCUT2D eigenvalue weighted by Crippen LogP contribution is 2.62. The van der Waals surface area contributed by atoms with Crippen molar-refractivity contribution in [2.45, 2.75) is 115 Å². The number of nitrogens with zero attached hydrogens (tertiary/aromatic N) is 10. The molecule has 572 valence electrons. The minimum atomic E-state index is 0.00583. The normalized spacial score (nSPS) is 21.0. The molecule has 12 aromatic carbocycles. The number of imidazole rings is 2. The van der Waals surface area contributed by atoms with Crippen LogP contribution in [0.5, 0.6) is 23.0 Å². The molecule has 0 radical (unpaired) electrons. The summed E-state index contributed by atoms with van der Waals surface area (Å²) in [5.74, 6) is 7.70. The minimum Gasteiger partial charge on any atom is -0.457 e. The number of rotatable bonds is 2. The largest absolute Gasteiger partial charge is 0.457 e. The number of aromatic nitrogens is 4. The van der Waals surface area contributed by atoms with Crippen molar-refractivity contribution in [3.63, 3.8) is 0 Å². The molecule has 13 aliphatic rings. The summed E-state index contributed by atoms with van der Waals surface area (Å²) in [4.78, 5) is 14.2. The lowest BCUT2D eigenvalue weighted by Gasteiger charge is -2.39. The predicted molar refractivity (Wildman–Crippen MR) is 466 cm³/mol. The number of ether oxygens (including phenoxy) is 2. The average Bonchev–Trinajstić information content (AvgIpc) is 1.62. The first-order valence-corrected chi connectivity index (χ1v) is 41.5. The Morgan fingerprint density at radius 2 is 0.650 bits per heavy atom. The van der Waals surface area contributed by atoms with E-state index in [9.17, 15) is 0 Å². The van der Waals surface area contributed by atoms with Gasteiger partial charge in [0.1, 0.15) is 77.7 Å². The van der Waals surface area contributed by atoms with Crippen LogP contribution in [0.4, 0.5) is 17.1 Å². The van der Waals surface area contributed by atoms with Crippen LogP contribution in [-0.4, -0.2) is 63.5 Å². The molecule has 0 amide bonds. The van der Waals surface area contributed by atoms with Crippen LogP contribution in [0.15, 0.2) is 311 Å². The van der Waals surface area contributed by atoms with E-state index < -0.39 is 0 Å². The molecule has 14 aromatic rings. The number of anilines is 3. The van der Waals surface area contributed by atoms with E-state index >= 15 is 0 Å². The average molecular weight is 1530 g/mol. The maximum absolute atomic E-state index is 6.24. The van der Waals surface area contributed by atoms with Crippen molar-refractivity contribution in [3.05, 3.63) is 411 Å². The van der Waals surface area contributed by atoms with Gasteiger partial charge in [0.25, 0.3) is 11.6 Å². The van der Waals surface area contributed by atoms with Gasteiger partial charge in [0.15, 0.2) is 12.1 Å². The van der Waals surface area contributed by atoms with Crippen LogP contribution in [0.1, 0.15) is 158 Å². The van der Waals surface area contributed by atoms with Gasteiger partial charge in [0.05, 0.1) is 40.1 Å². The van der Waals surface area contributed by atoms with Gasteiger partial charge in [0.2, 0.25) is 0 Å². The molecule has 10 aliphatic heterocycles. The lowest BCUT2D eigenvalue weighted by Crippen LogP contribution is -2.42. The highest BCUT2D eigenvalue weighted by molar-refractivity contribution is 5.89. The summed E-state index contributed by atoms with van der Waals surface area (Å²) in [7, 11) is 6.51. The third-order valence-corrected chi connectivity index (χ3v) is 27.9. The van der Waals surface area contributed by atoms with Crippen LogP contribution >= 0.6 is 0 Å². The summed E-state index contributed by atoms with van der Waals surface area (Å²) < 4.78 is 21.9. The second-order valence-electron chi connectivity index (χ2n) is 34.8. The molecule has 0 spiro atoms. The van der Waals surface area contributed by atoms with E-state index in [2.05, 4.69) is 423 Å². The molecule has 12 heteroatoms. The van der Waals surface area contributed by atoms with E-state index in [1.807, 2.05) is 12.1 Å². The van der Waals surface area contributed by atoms with E-state index in [0.29, 0.717) is 36.3 Å². The fourth-order valence-electron chi connectivity index (χ4n) is 23.0. The quantitative estimate of drug-likeness (QED) is 0.159. The smallest absolute Gasteiger partial charge is 0.295 e. The summed E-state index contributed by atoms with van der Waals surface area (Å²) in [5, 5.41) is 0. The van der Waals surface area contributed by atoms with Gasteiger partial charge in [-0.1, -0.05) is 222 Å². The first-order valence-electron chi connectivity index (χ1n) is 41.5. The van der Waals surface area contributed by atoms with Crippen LogP contribution in [-0.2, 0) is 10.8 Å². The highest BCUT2D eigenvalue weighted by Gasteiger charge is 2.54. The van der Waals surface area contributed by atoms with Crippen LogP contribution in [0.25, 0.3) is 45.3 Å². The Morgan fingerprint density at radius 3 is 1.23 bits per heavy atom. The molecule has 12 heterocycles. The van der Waals surface area contributed by atoms with Crippen LogP contribution < -0.4 is 33.3 Å². The van der Waals surface area contributed by atoms with Crippen LogP contribution in [0.3, 0.4) is 0 Å². The molecule has 27 rings (SSSR count). The molecule has 0 fully saturated rings. The Morgan fingerprint density at radius 1 is 0.291 bits per heavy atom. The van der Waals surface area contributed by atoms with Gasteiger partial charge in [-0.3, -0.25) is 0 Å². The van der Waals surface area contributed by atoms with Gasteiger partial charge in [-0.05, 0) is 160 Å². The number of aryl methyl sites for hydroxylation is 4. The van der Waals surface area contributed by atoms with Crippen molar-refractivity contribution < 1.29 is 18.6 Å². The monoisotopic (exact) mass is 1520 g/mol. The highest BCUT2D eigenvalue weighted by atomic mass is 16.5. The van der Waals surface area contributed by atoms with E-state index in [1.165, 1.54) is 162 Å². The number of hydrogen-bond donors (Lipinski definition) is 0. The SMILES string of the molecule is CN1C=CN2c3cccc4c3C(c3ccccc3-4)C12.CN1C=CN2c3cccc4c3C(c3ccccc3C4(C)C)C12.CN1C=CN2c3cccc4c3C(c3ccccc3O4)C12.Cc1cccc(C)c1-n1cc[n+]2c1-c1cccc3c1C2c1ccccc1C3(C)C.Cc1cccc(C)c1-n1cc[n+]2c1-c1cccc3c1C2c1ccccc1O3.